The van der Waals surface area contributed by atoms with Gasteiger partial charge in [0.1, 0.15) is 18.2 Å². The zero-order valence-electron chi connectivity index (χ0n) is 24.7. The van der Waals surface area contributed by atoms with Gasteiger partial charge >= 0.3 is 11.9 Å². The number of rotatable bonds is 8. The molecule has 4 nitrogen and oxygen atoms in total. The second kappa shape index (κ2) is 11.9. The zero-order chi connectivity index (χ0) is 29.9. The van der Waals surface area contributed by atoms with Crippen molar-refractivity contribution in [1.82, 2.24) is 0 Å². The monoisotopic (exact) mass is 564 g/mol. The molecule has 0 saturated carbocycles. The number of carbonyl (C=O) groups is 2. The molecule has 42 heavy (non-hydrogen) atoms. The van der Waals surface area contributed by atoms with E-state index in [-0.39, 0.29) is 23.3 Å². The third kappa shape index (κ3) is 6.62. The van der Waals surface area contributed by atoms with Gasteiger partial charge in [0.25, 0.3) is 0 Å². The van der Waals surface area contributed by atoms with Crippen LogP contribution in [0.5, 0.6) is 5.75 Å². The lowest BCUT2D eigenvalue weighted by Gasteiger charge is -2.42. The molecule has 0 saturated heterocycles. The van der Waals surface area contributed by atoms with E-state index in [9.17, 15) is 14.0 Å². The van der Waals surface area contributed by atoms with E-state index in [1.54, 1.807) is 30.3 Å². The summed E-state index contributed by atoms with van der Waals surface area (Å²) in [5, 5.41) is 0. The number of carbonyl (C=O) groups excluding carboxylic acids is 2. The molecule has 0 bridgehead atoms. The second-order valence-electron chi connectivity index (χ2n) is 12.5. The molecule has 0 aromatic heterocycles. The normalized spacial score (nSPS) is 15.7. The van der Waals surface area contributed by atoms with E-state index in [2.05, 4.69) is 39.8 Å². The molecule has 0 amide bonds. The molecule has 0 radical (unpaired) electrons. The number of esters is 2. The Kier molecular flexibility index (Phi) is 8.31. The Labute approximate surface area is 247 Å². The summed E-state index contributed by atoms with van der Waals surface area (Å²) in [6, 6.07) is 28.5. The Morgan fingerprint density at radius 1 is 0.762 bits per heavy atom. The molecule has 0 spiro atoms. The highest BCUT2D eigenvalue weighted by atomic mass is 19.1. The van der Waals surface area contributed by atoms with Crippen LogP contribution in [0.25, 0.3) is 0 Å². The van der Waals surface area contributed by atoms with Crippen molar-refractivity contribution in [3.63, 3.8) is 0 Å². The van der Waals surface area contributed by atoms with Crippen LogP contribution < -0.4 is 4.74 Å². The maximum absolute atomic E-state index is 14.1. The SMILES string of the molecule is CC1(C)CCC(C)(C)c2cc(C(Cc3cccc(F)c3)C(=O)Oc3ccc(C(=O)OCc4ccccc4)cc3)ccc21. The quantitative estimate of drug-likeness (QED) is 0.159. The Hall–Kier alpha value is -4.25. The van der Waals surface area contributed by atoms with Gasteiger partial charge in [-0.1, -0.05) is 88.4 Å². The van der Waals surface area contributed by atoms with Crippen molar-refractivity contribution in [3.05, 3.63) is 136 Å². The van der Waals surface area contributed by atoms with E-state index in [1.807, 2.05) is 42.5 Å². The van der Waals surface area contributed by atoms with Crippen molar-refractivity contribution in [2.75, 3.05) is 0 Å². The molecule has 4 aromatic carbocycles. The summed E-state index contributed by atoms with van der Waals surface area (Å²) < 4.78 is 25.3. The summed E-state index contributed by atoms with van der Waals surface area (Å²) in [5.74, 6) is -1.56. The largest absolute Gasteiger partial charge is 0.457 e. The van der Waals surface area contributed by atoms with Crippen LogP contribution in [-0.2, 0) is 33.4 Å². The maximum Gasteiger partial charge on any atom is 0.338 e. The minimum Gasteiger partial charge on any atom is -0.457 e. The van der Waals surface area contributed by atoms with E-state index in [4.69, 9.17) is 9.47 Å². The molecule has 4 aromatic rings. The predicted molar refractivity (Wildman–Crippen MR) is 162 cm³/mol. The predicted octanol–water partition coefficient (Wildman–Crippen LogP) is 8.46. The summed E-state index contributed by atoms with van der Waals surface area (Å²) in [4.78, 5) is 26.3. The topological polar surface area (TPSA) is 52.6 Å². The fourth-order valence-electron chi connectivity index (χ4n) is 5.71. The Morgan fingerprint density at radius 2 is 1.43 bits per heavy atom. The van der Waals surface area contributed by atoms with E-state index < -0.39 is 17.9 Å². The van der Waals surface area contributed by atoms with Gasteiger partial charge in [-0.15, -0.1) is 0 Å². The first-order valence-corrected chi connectivity index (χ1v) is 14.4. The molecular formula is C37H37FO4. The first-order valence-electron chi connectivity index (χ1n) is 14.4. The van der Waals surface area contributed by atoms with Gasteiger partial charge in [0.15, 0.2) is 0 Å². The molecule has 5 rings (SSSR count). The van der Waals surface area contributed by atoms with Crippen molar-refractivity contribution in [2.24, 2.45) is 0 Å². The minimum atomic E-state index is -0.645. The van der Waals surface area contributed by atoms with Crippen molar-refractivity contribution in [1.29, 1.82) is 0 Å². The fourth-order valence-corrected chi connectivity index (χ4v) is 5.71. The van der Waals surface area contributed by atoms with Crippen molar-refractivity contribution < 1.29 is 23.5 Å². The number of ether oxygens (including phenoxy) is 2. The second-order valence-corrected chi connectivity index (χ2v) is 12.5. The van der Waals surface area contributed by atoms with Gasteiger partial charge in [-0.2, -0.15) is 0 Å². The smallest absolute Gasteiger partial charge is 0.338 e. The average Bonchev–Trinajstić information content (AvgIpc) is 2.98. The van der Waals surface area contributed by atoms with Crippen LogP contribution in [0, 0.1) is 5.82 Å². The maximum atomic E-state index is 14.1. The zero-order valence-corrected chi connectivity index (χ0v) is 24.7. The van der Waals surface area contributed by atoms with Crippen LogP contribution in [0.1, 0.15) is 84.6 Å². The van der Waals surface area contributed by atoms with Gasteiger partial charge in [-0.05, 0) is 94.3 Å². The van der Waals surface area contributed by atoms with Gasteiger partial charge in [0.05, 0.1) is 11.5 Å². The molecule has 0 heterocycles. The van der Waals surface area contributed by atoms with Crippen molar-refractivity contribution in [2.45, 2.75) is 70.3 Å². The van der Waals surface area contributed by atoms with E-state index in [0.717, 1.165) is 24.0 Å². The Balaban J connectivity index is 1.37. The molecular weight excluding hydrogens is 527 g/mol. The van der Waals surface area contributed by atoms with Gasteiger partial charge in [-0.25, -0.2) is 9.18 Å². The first kappa shape index (κ1) is 29.2. The lowest BCUT2D eigenvalue weighted by molar-refractivity contribution is -0.136. The summed E-state index contributed by atoms with van der Waals surface area (Å²) in [6.07, 6.45) is 2.44. The number of hydrogen-bond donors (Lipinski definition) is 0. The van der Waals surface area contributed by atoms with Crippen LogP contribution >= 0.6 is 0 Å². The number of benzene rings is 4. The molecule has 0 fully saturated rings. The van der Waals surface area contributed by atoms with E-state index >= 15 is 0 Å². The van der Waals surface area contributed by atoms with Crippen LogP contribution in [-0.4, -0.2) is 11.9 Å². The highest BCUT2D eigenvalue weighted by Crippen LogP contribution is 2.46. The molecule has 5 heteroatoms. The average molecular weight is 565 g/mol. The Morgan fingerprint density at radius 3 is 2.12 bits per heavy atom. The van der Waals surface area contributed by atoms with E-state index in [1.165, 1.54) is 23.3 Å². The molecule has 1 atom stereocenters. The van der Waals surface area contributed by atoms with Crippen molar-refractivity contribution >= 4 is 11.9 Å². The lowest BCUT2D eigenvalue weighted by Crippen LogP contribution is -2.34. The summed E-state index contributed by atoms with van der Waals surface area (Å²) >= 11 is 0. The van der Waals surface area contributed by atoms with Crippen molar-refractivity contribution in [3.8, 4) is 5.75 Å². The summed E-state index contributed by atoms with van der Waals surface area (Å²) in [7, 11) is 0. The van der Waals surface area contributed by atoms with Gasteiger partial charge < -0.3 is 9.47 Å². The Bertz CT molecular complexity index is 1570. The molecule has 1 aliphatic rings. The van der Waals surface area contributed by atoms with Gasteiger partial charge in [0, 0.05) is 0 Å². The van der Waals surface area contributed by atoms with Crippen LogP contribution in [0.2, 0.25) is 0 Å². The molecule has 1 aliphatic carbocycles. The van der Waals surface area contributed by atoms with E-state index in [0.29, 0.717) is 23.3 Å². The highest BCUT2D eigenvalue weighted by molar-refractivity contribution is 5.89. The highest BCUT2D eigenvalue weighted by Gasteiger charge is 2.38. The number of fused-ring (bicyclic) bond motifs is 1. The number of hydrogen-bond acceptors (Lipinski definition) is 4. The third-order valence-electron chi connectivity index (χ3n) is 8.41. The molecule has 0 aliphatic heterocycles. The number of halogens is 1. The minimum absolute atomic E-state index is 0.0286. The van der Waals surface area contributed by atoms with Crippen LogP contribution in [0.4, 0.5) is 4.39 Å². The fraction of sp³-hybridized carbons (Fsp3) is 0.297. The van der Waals surface area contributed by atoms with Crippen LogP contribution in [0.3, 0.4) is 0 Å². The van der Waals surface area contributed by atoms with Crippen LogP contribution in [0.15, 0.2) is 97.1 Å². The first-order chi connectivity index (χ1) is 20.0. The third-order valence-corrected chi connectivity index (χ3v) is 8.41. The lowest BCUT2D eigenvalue weighted by atomic mass is 9.62. The summed E-state index contributed by atoms with van der Waals surface area (Å²) in [6.45, 7) is 9.20. The molecule has 216 valence electrons. The molecule has 0 N–H and O–H groups in total. The molecule has 1 unspecified atom stereocenters. The van der Waals surface area contributed by atoms with Gasteiger partial charge in [0.2, 0.25) is 0 Å². The van der Waals surface area contributed by atoms with Gasteiger partial charge in [-0.3, -0.25) is 4.79 Å². The summed E-state index contributed by atoms with van der Waals surface area (Å²) in [5.41, 5.74) is 5.38. The standard InChI is InChI=1S/C37H37FO4/c1-36(2)19-20-37(3,4)33-23-28(15-18-32(33)36)31(22-26-11-8-12-29(38)21-26)35(40)42-30-16-13-27(14-17-30)34(39)41-24-25-9-6-5-7-10-25/h5-18,21,23,31H,19-20,22,24H2,1-4H3.